The average Bonchev–Trinajstić information content (AvgIpc) is 3.13. The summed E-state index contributed by atoms with van der Waals surface area (Å²) >= 11 is 9.34. The molecule has 6 nitrogen and oxygen atoms in total. The lowest BCUT2D eigenvalue weighted by molar-refractivity contribution is 0.101. The number of nitrogens with zero attached hydrogens (tertiary/aromatic N) is 4. The van der Waals surface area contributed by atoms with E-state index in [0.29, 0.717) is 34.0 Å². The van der Waals surface area contributed by atoms with Crippen molar-refractivity contribution in [3.05, 3.63) is 63.6 Å². The molecular weight excluding hydrogens is 394 g/mol. The van der Waals surface area contributed by atoms with Crippen LogP contribution < -0.4 is 5.32 Å². The predicted molar refractivity (Wildman–Crippen MR) is 96.3 cm³/mol. The molecule has 1 aromatic carbocycles. The van der Waals surface area contributed by atoms with Crippen LogP contribution in [0.2, 0.25) is 5.02 Å². The summed E-state index contributed by atoms with van der Waals surface area (Å²) in [6.45, 7) is 3.12. The van der Waals surface area contributed by atoms with E-state index >= 15 is 0 Å². The molecule has 0 unspecified atom stereocenters. The summed E-state index contributed by atoms with van der Waals surface area (Å²) < 4.78 is 4.04. The topological polar surface area (TPSA) is 64.7 Å². The van der Waals surface area contributed by atoms with Crippen LogP contribution in [0.25, 0.3) is 0 Å². The number of hydrogen-bond acceptors (Lipinski definition) is 3. The Balaban J connectivity index is 1.72. The third-order valence-electron chi connectivity index (χ3n) is 3.43. The molecule has 3 aromatic rings. The quantitative estimate of drug-likeness (QED) is 0.698. The third-order valence-corrected chi connectivity index (χ3v) is 4.25. The summed E-state index contributed by atoms with van der Waals surface area (Å²) in [6, 6.07) is 7.59. The molecule has 0 fully saturated rings. The first-order chi connectivity index (χ1) is 11.6. The second-order valence-electron chi connectivity index (χ2n) is 5.17. The number of benzene rings is 1. The number of anilines is 1. The number of carbonyl (C=O) groups excluding carboxylic acids is 1. The summed E-state index contributed by atoms with van der Waals surface area (Å²) in [5.41, 5.74) is 2.15. The third kappa shape index (κ3) is 3.68. The Morgan fingerprint density at radius 3 is 2.92 bits per heavy atom. The van der Waals surface area contributed by atoms with Crippen LogP contribution in [0.1, 0.15) is 23.0 Å². The molecule has 3 rings (SSSR count). The maximum Gasteiger partial charge on any atom is 0.275 e. The van der Waals surface area contributed by atoms with Gasteiger partial charge in [-0.25, -0.2) is 0 Å². The van der Waals surface area contributed by atoms with E-state index in [2.05, 4.69) is 31.4 Å². The molecule has 0 spiro atoms. The lowest BCUT2D eigenvalue weighted by Gasteiger charge is -2.05. The largest absolute Gasteiger partial charge is 0.318 e. The van der Waals surface area contributed by atoms with Crippen molar-refractivity contribution in [2.75, 3.05) is 5.32 Å². The fourth-order valence-corrected chi connectivity index (χ4v) is 3.04. The number of hydrogen-bond donors (Lipinski definition) is 1. The highest BCUT2D eigenvalue weighted by Gasteiger charge is 2.17. The molecule has 0 aliphatic heterocycles. The standard InChI is InChI=1S/C16H15BrClN5O/c1-2-23-15(14(17)8-20-23)16(24)21-13-7-19-22(10-13)9-11-4-3-5-12(18)6-11/h3-8,10H,2,9H2,1H3,(H,21,24). The molecule has 1 amide bonds. The minimum atomic E-state index is -0.233. The summed E-state index contributed by atoms with van der Waals surface area (Å²) in [4.78, 5) is 12.4. The van der Waals surface area contributed by atoms with Gasteiger partial charge in [-0.1, -0.05) is 23.7 Å². The van der Waals surface area contributed by atoms with Crippen LogP contribution in [0, 0.1) is 0 Å². The van der Waals surface area contributed by atoms with Gasteiger partial charge in [-0.3, -0.25) is 14.2 Å². The van der Waals surface area contributed by atoms with Gasteiger partial charge in [0.2, 0.25) is 0 Å². The van der Waals surface area contributed by atoms with Crippen molar-refractivity contribution in [1.82, 2.24) is 19.6 Å². The molecule has 2 heterocycles. The Bertz CT molecular complexity index is 873. The van der Waals surface area contributed by atoms with Crippen LogP contribution >= 0.6 is 27.5 Å². The van der Waals surface area contributed by atoms with Gasteiger partial charge >= 0.3 is 0 Å². The zero-order valence-electron chi connectivity index (χ0n) is 12.9. The van der Waals surface area contributed by atoms with Gasteiger partial charge in [0.25, 0.3) is 5.91 Å². The van der Waals surface area contributed by atoms with Gasteiger partial charge in [-0.05, 0) is 40.5 Å². The summed E-state index contributed by atoms with van der Waals surface area (Å²) in [5.74, 6) is -0.233. The van der Waals surface area contributed by atoms with Crippen LogP contribution in [0.5, 0.6) is 0 Å². The number of aromatic nitrogens is 4. The Morgan fingerprint density at radius 2 is 2.17 bits per heavy atom. The van der Waals surface area contributed by atoms with E-state index in [9.17, 15) is 4.79 Å². The molecule has 1 N–H and O–H groups in total. The van der Waals surface area contributed by atoms with E-state index in [1.807, 2.05) is 31.2 Å². The molecule has 0 saturated carbocycles. The predicted octanol–water partition coefficient (Wildman–Crippen LogP) is 3.82. The molecule has 8 heteroatoms. The summed E-state index contributed by atoms with van der Waals surface area (Å²) in [7, 11) is 0. The monoisotopic (exact) mass is 407 g/mol. The fraction of sp³-hybridized carbons (Fsp3) is 0.188. The minimum Gasteiger partial charge on any atom is -0.318 e. The van der Waals surface area contributed by atoms with Crippen molar-refractivity contribution in [3.63, 3.8) is 0 Å². The second-order valence-corrected chi connectivity index (χ2v) is 6.46. The summed E-state index contributed by atoms with van der Waals surface area (Å²) in [6.07, 6.45) is 5.00. The van der Waals surface area contributed by atoms with E-state index in [0.717, 1.165) is 5.56 Å². The summed E-state index contributed by atoms with van der Waals surface area (Å²) in [5, 5.41) is 11.9. The molecule has 24 heavy (non-hydrogen) atoms. The average molecular weight is 409 g/mol. The van der Waals surface area contributed by atoms with E-state index in [1.165, 1.54) is 0 Å². The zero-order chi connectivity index (χ0) is 17.1. The second kappa shape index (κ2) is 7.19. The molecule has 0 radical (unpaired) electrons. The molecule has 2 aromatic heterocycles. The van der Waals surface area contributed by atoms with Crippen molar-refractivity contribution in [2.24, 2.45) is 0 Å². The number of amides is 1. The van der Waals surface area contributed by atoms with Crippen molar-refractivity contribution in [3.8, 4) is 0 Å². The Kier molecular flexibility index (Phi) is 5.01. The van der Waals surface area contributed by atoms with Gasteiger partial charge in [-0.2, -0.15) is 10.2 Å². The van der Waals surface area contributed by atoms with Crippen molar-refractivity contribution in [2.45, 2.75) is 20.0 Å². The SMILES string of the molecule is CCn1ncc(Br)c1C(=O)Nc1cnn(Cc2cccc(Cl)c2)c1. The van der Waals surface area contributed by atoms with Gasteiger partial charge in [-0.15, -0.1) is 0 Å². The van der Waals surface area contributed by atoms with Gasteiger partial charge in [0, 0.05) is 17.8 Å². The first-order valence-electron chi connectivity index (χ1n) is 7.36. The lowest BCUT2D eigenvalue weighted by atomic mass is 10.2. The van der Waals surface area contributed by atoms with E-state index in [1.54, 1.807) is 28.0 Å². The Hall–Kier alpha value is -2.12. The molecule has 0 bridgehead atoms. The highest BCUT2D eigenvalue weighted by molar-refractivity contribution is 9.10. The molecular formula is C16H15BrClN5O. The van der Waals surface area contributed by atoms with Crippen LogP contribution in [0.15, 0.2) is 47.3 Å². The van der Waals surface area contributed by atoms with Gasteiger partial charge < -0.3 is 5.32 Å². The van der Waals surface area contributed by atoms with Crippen molar-refractivity contribution < 1.29 is 4.79 Å². The molecule has 0 saturated heterocycles. The van der Waals surface area contributed by atoms with Gasteiger partial charge in [0.15, 0.2) is 0 Å². The van der Waals surface area contributed by atoms with Crippen LogP contribution in [-0.2, 0) is 13.1 Å². The van der Waals surface area contributed by atoms with Crippen LogP contribution in [-0.4, -0.2) is 25.5 Å². The zero-order valence-corrected chi connectivity index (χ0v) is 15.3. The number of nitrogens with one attached hydrogen (secondary N) is 1. The Labute approximate surface area is 152 Å². The maximum absolute atomic E-state index is 12.4. The molecule has 124 valence electrons. The van der Waals surface area contributed by atoms with E-state index in [4.69, 9.17) is 11.6 Å². The molecule has 0 aliphatic rings. The lowest BCUT2D eigenvalue weighted by Crippen LogP contribution is -2.17. The van der Waals surface area contributed by atoms with Crippen LogP contribution in [0.4, 0.5) is 5.69 Å². The molecule has 0 atom stereocenters. The van der Waals surface area contributed by atoms with E-state index < -0.39 is 0 Å². The smallest absolute Gasteiger partial charge is 0.275 e. The maximum atomic E-state index is 12.4. The number of halogens is 2. The molecule has 0 aliphatic carbocycles. The number of rotatable bonds is 5. The van der Waals surface area contributed by atoms with Crippen molar-refractivity contribution >= 4 is 39.1 Å². The first kappa shape index (κ1) is 16.7. The Morgan fingerprint density at radius 1 is 1.33 bits per heavy atom. The number of aryl methyl sites for hydroxylation is 1. The number of carbonyl (C=O) groups is 1. The van der Waals surface area contributed by atoms with Crippen LogP contribution in [0.3, 0.4) is 0 Å². The first-order valence-corrected chi connectivity index (χ1v) is 8.53. The highest BCUT2D eigenvalue weighted by Crippen LogP contribution is 2.18. The van der Waals surface area contributed by atoms with E-state index in [-0.39, 0.29) is 5.91 Å². The van der Waals surface area contributed by atoms with Gasteiger partial charge in [0.1, 0.15) is 5.69 Å². The minimum absolute atomic E-state index is 0.233. The fourth-order valence-electron chi connectivity index (χ4n) is 2.36. The van der Waals surface area contributed by atoms with Crippen molar-refractivity contribution in [1.29, 1.82) is 0 Å². The van der Waals surface area contributed by atoms with Gasteiger partial charge in [0.05, 0.1) is 29.1 Å². The normalized spacial score (nSPS) is 10.8. The highest BCUT2D eigenvalue weighted by atomic mass is 79.9.